The molecule has 1 aliphatic heterocycles. The van der Waals surface area contributed by atoms with Gasteiger partial charge in [-0.25, -0.2) is 15.0 Å². The maximum Gasteiger partial charge on any atom is 0.150 e. The minimum Gasteiger partial charge on any atom is -0.382 e. The number of hydrogen-bond donors (Lipinski definition) is 2. The molecule has 3 aromatic heterocycles. The van der Waals surface area contributed by atoms with E-state index in [1.54, 1.807) is 13.3 Å². The molecule has 0 spiro atoms. The lowest BCUT2D eigenvalue weighted by Gasteiger charge is -2.33. The molecule has 1 aliphatic rings. The highest BCUT2D eigenvalue weighted by atomic mass is 16.5. The van der Waals surface area contributed by atoms with Crippen molar-refractivity contribution in [3.05, 3.63) is 78.9 Å². The molecule has 38 heavy (non-hydrogen) atoms. The molecule has 0 unspecified atom stereocenters. The highest BCUT2D eigenvalue weighted by Gasteiger charge is 2.24. The third-order valence-electron chi connectivity index (χ3n) is 7.44. The number of nitrogen functional groups attached to an aromatic ring is 1. The second kappa shape index (κ2) is 10.2. The van der Waals surface area contributed by atoms with E-state index in [2.05, 4.69) is 56.7 Å². The van der Waals surface area contributed by atoms with E-state index in [-0.39, 0.29) is 0 Å². The number of nitrogens with zero attached hydrogens (tertiary/aromatic N) is 5. The number of nitrogens with two attached hydrogens (primary N) is 1. The fourth-order valence-corrected chi connectivity index (χ4v) is 5.40. The number of anilines is 1. The number of fused-ring (bicyclic) bond motifs is 2. The molecule has 1 fully saturated rings. The Morgan fingerprint density at radius 2 is 1.82 bits per heavy atom. The summed E-state index contributed by atoms with van der Waals surface area (Å²) in [5.74, 6) is 2.50. The summed E-state index contributed by atoms with van der Waals surface area (Å²) >= 11 is 0. The first-order valence-corrected chi connectivity index (χ1v) is 13.0. The van der Waals surface area contributed by atoms with Crippen LogP contribution in [0.1, 0.15) is 18.7 Å². The van der Waals surface area contributed by atoms with Crippen molar-refractivity contribution in [2.24, 2.45) is 5.92 Å². The van der Waals surface area contributed by atoms with Gasteiger partial charge in [-0.05, 0) is 30.9 Å². The van der Waals surface area contributed by atoms with Crippen molar-refractivity contribution in [1.82, 2.24) is 24.3 Å². The number of pyridine rings is 1. The average Bonchev–Trinajstić information content (AvgIpc) is 3.33. The fraction of sp³-hybridized carbons (Fsp3) is 0.267. The maximum absolute atomic E-state index is 8.18. The number of nitrogens with one attached hydrogen (secondary N) is 1. The number of likely N-dealkylation sites (tertiary alicyclic amines) is 1. The number of rotatable bonds is 6. The van der Waals surface area contributed by atoms with Gasteiger partial charge in [-0.3, -0.25) is 9.81 Å². The lowest BCUT2D eigenvalue weighted by molar-refractivity contribution is 0.209. The summed E-state index contributed by atoms with van der Waals surface area (Å²) in [6, 6.07) is 20.7. The fourth-order valence-electron chi connectivity index (χ4n) is 5.40. The third kappa shape index (κ3) is 4.59. The predicted molar refractivity (Wildman–Crippen MR) is 151 cm³/mol. The minimum absolute atomic E-state index is 0.360. The molecule has 3 N–H and O–H groups in total. The van der Waals surface area contributed by atoms with Crippen molar-refractivity contribution in [3.8, 4) is 22.5 Å². The average molecular weight is 506 g/mol. The molecule has 0 radical (unpaired) electrons. The Hall–Kier alpha value is -4.30. The van der Waals surface area contributed by atoms with Gasteiger partial charge in [-0.2, -0.15) is 0 Å². The Morgan fingerprint density at radius 3 is 2.61 bits per heavy atom. The molecule has 8 nitrogen and oxygen atoms in total. The van der Waals surface area contributed by atoms with E-state index in [4.69, 9.17) is 25.8 Å². The predicted octanol–water partition coefficient (Wildman–Crippen LogP) is 5.07. The maximum atomic E-state index is 8.18. The standard InChI is InChI=1S/C30H31N7O/c1-38-19-26(31)36-14-11-20(12-15-36)17-27-35-28(29-30(32)33-13-16-37(27)29)23-8-7-22-9-10-24(34-25(22)18-23)21-5-3-2-4-6-21/h2-10,13,16,18,20,31H,11-12,14-15,17,19H2,1H3,(H2,32,33). The molecule has 0 atom stereocenters. The van der Waals surface area contributed by atoms with Gasteiger partial charge >= 0.3 is 0 Å². The number of hydrogen-bond acceptors (Lipinski definition) is 6. The normalized spacial score (nSPS) is 14.4. The Balaban J connectivity index is 1.33. The summed E-state index contributed by atoms with van der Waals surface area (Å²) < 4.78 is 7.23. The molecule has 1 saturated heterocycles. The van der Waals surface area contributed by atoms with Crippen LogP contribution < -0.4 is 5.73 Å². The summed E-state index contributed by atoms with van der Waals surface area (Å²) in [6.45, 7) is 2.10. The quantitative estimate of drug-likeness (QED) is 0.247. The number of ether oxygens (including phenoxy) is 1. The first kappa shape index (κ1) is 24.1. The zero-order valence-electron chi connectivity index (χ0n) is 21.5. The monoisotopic (exact) mass is 505 g/mol. The van der Waals surface area contributed by atoms with Gasteiger partial charge in [0.1, 0.15) is 35.3 Å². The molecule has 2 aromatic carbocycles. The highest BCUT2D eigenvalue weighted by molar-refractivity contribution is 5.91. The molecular formula is C30H31N7O. The van der Waals surface area contributed by atoms with E-state index in [1.165, 1.54) is 0 Å². The van der Waals surface area contributed by atoms with Crippen LogP contribution in [0.5, 0.6) is 0 Å². The van der Waals surface area contributed by atoms with Gasteiger partial charge in [0.05, 0.1) is 11.2 Å². The smallest absolute Gasteiger partial charge is 0.150 e. The molecule has 6 rings (SSSR count). The second-order valence-corrected chi connectivity index (χ2v) is 9.89. The summed E-state index contributed by atoms with van der Waals surface area (Å²) in [4.78, 5) is 16.6. The zero-order valence-corrected chi connectivity index (χ0v) is 21.5. The minimum atomic E-state index is 0.360. The molecule has 8 heteroatoms. The third-order valence-corrected chi connectivity index (χ3v) is 7.44. The summed E-state index contributed by atoms with van der Waals surface area (Å²) in [5.41, 5.74) is 12.0. The van der Waals surface area contributed by atoms with Gasteiger partial charge in [0.25, 0.3) is 0 Å². The van der Waals surface area contributed by atoms with E-state index in [1.807, 2.05) is 24.4 Å². The van der Waals surface area contributed by atoms with Crippen molar-refractivity contribution in [2.45, 2.75) is 19.3 Å². The van der Waals surface area contributed by atoms with Crippen LogP contribution in [0.4, 0.5) is 5.82 Å². The SMILES string of the molecule is COCC(=N)N1CCC(Cc2nc(-c3ccc4ccc(-c5ccccc5)nc4c3)c3c(N)nccn23)CC1. The molecular weight excluding hydrogens is 474 g/mol. The molecule has 0 aliphatic carbocycles. The second-order valence-electron chi connectivity index (χ2n) is 9.89. The van der Waals surface area contributed by atoms with Crippen molar-refractivity contribution in [1.29, 1.82) is 5.41 Å². The van der Waals surface area contributed by atoms with Crippen molar-refractivity contribution < 1.29 is 4.74 Å². The molecule has 192 valence electrons. The Labute approximate surface area is 221 Å². The number of amidine groups is 1. The molecule has 5 aromatic rings. The summed E-state index contributed by atoms with van der Waals surface area (Å²) in [5, 5.41) is 9.26. The van der Waals surface area contributed by atoms with E-state index in [0.29, 0.717) is 24.2 Å². The summed E-state index contributed by atoms with van der Waals surface area (Å²) in [7, 11) is 1.64. The van der Waals surface area contributed by atoms with Gasteiger partial charge < -0.3 is 15.4 Å². The van der Waals surface area contributed by atoms with Crippen LogP contribution >= 0.6 is 0 Å². The van der Waals surface area contributed by atoms with E-state index < -0.39 is 0 Å². The Morgan fingerprint density at radius 1 is 1.03 bits per heavy atom. The molecule has 0 amide bonds. The van der Waals surface area contributed by atoms with Gasteiger partial charge in [-0.15, -0.1) is 0 Å². The van der Waals surface area contributed by atoms with Crippen molar-refractivity contribution >= 4 is 28.1 Å². The topological polar surface area (TPSA) is 105 Å². The highest BCUT2D eigenvalue weighted by Crippen LogP contribution is 2.32. The first-order valence-electron chi connectivity index (χ1n) is 13.0. The van der Waals surface area contributed by atoms with E-state index >= 15 is 0 Å². The van der Waals surface area contributed by atoms with E-state index in [9.17, 15) is 0 Å². The lowest BCUT2D eigenvalue weighted by atomic mass is 9.93. The number of imidazole rings is 1. The zero-order chi connectivity index (χ0) is 26.1. The van der Waals surface area contributed by atoms with Gasteiger partial charge in [0, 0.05) is 55.5 Å². The lowest BCUT2D eigenvalue weighted by Crippen LogP contribution is -2.40. The molecule has 4 heterocycles. The number of aromatic nitrogens is 4. The number of piperidine rings is 1. The van der Waals surface area contributed by atoms with Crippen molar-refractivity contribution in [3.63, 3.8) is 0 Å². The first-order chi connectivity index (χ1) is 18.6. The van der Waals surface area contributed by atoms with Crippen LogP contribution in [0.25, 0.3) is 38.9 Å². The van der Waals surface area contributed by atoms with Crippen LogP contribution in [-0.2, 0) is 11.2 Å². The van der Waals surface area contributed by atoms with Crippen LogP contribution in [0, 0.1) is 11.3 Å². The molecule has 0 bridgehead atoms. The summed E-state index contributed by atoms with van der Waals surface area (Å²) in [6.07, 6.45) is 6.56. The largest absolute Gasteiger partial charge is 0.382 e. The molecule has 0 saturated carbocycles. The number of benzene rings is 2. The Kier molecular flexibility index (Phi) is 6.47. The van der Waals surface area contributed by atoms with Crippen molar-refractivity contribution in [2.75, 3.05) is 32.5 Å². The van der Waals surface area contributed by atoms with Crippen LogP contribution in [0.3, 0.4) is 0 Å². The van der Waals surface area contributed by atoms with Gasteiger partial charge in [-0.1, -0.05) is 48.5 Å². The number of methoxy groups -OCH3 is 1. The Bertz CT molecular complexity index is 1600. The van der Waals surface area contributed by atoms with Crippen LogP contribution in [0.15, 0.2) is 73.1 Å². The van der Waals surface area contributed by atoms with Gasteiger partial charge in [0.15, 0.2) is 0 Å². The van der Waals surface area contributed by atoms with Crippen LogP contribution in [0.2, 0.25) is 0 Å². The van der Waals surface area contributed by atoms with E-state index in [0.717, 1.165) is 77.1 Å². The van der Waals surface area contributed by atoms with Crippen LogP contribution in [-0.4, -0.2) is 56.9 Å². The van der Waals surface area contributed by atoms with Gasteiger partial charge in [0.2, 0.25) is 0 Å².